The van der Waals surface area contributed by atoms with Gasteiger partial charge in [-0.05, 0) is 55.5 Å². The van der Waals surface area contributed by atoms with E-state index >= 15 is 0 Å². The van der Waals surface area contributed by atoms with Crippen molar-refractivity contribution in [1.29, 1.82) is 0 Å². The number of nitrogens with one attached hydrogen (secondary N) is 2. The molecule has 2 aromatic carbocycles. The highest BCUT2D eigenvalue weighted by Gasteiger charge is 2.15. The van der Waals surface area contributed by atoms with E-state index in [1.807, 2.05) is 30.3 Å². The molecule has 1 aliphatic heterocycles. The summed E-state index contributed by atoms with van der Waals surface area (Å²) in [6, 6.07) is 16.1. The molecule has 2 aromatic rings. The third-order valence-electron chi connectivity index (χ3n) is 4.47. The first-order valence-corrected chi connectivity index (χ1v) is 8.73. The number of nitrogens with zero attached hydrogens (tertiary/aromatic N) is 1. The van der Waals surface area contributed by atoms with Gasteiger partial charge in [0.25, 0.3) is 0 Å². The topological polar surface area (TPSA) is 44.4 Å². The highest BCUT2D eigenvalue weighted by atomic mass is 16.2. The number of urea groups is 1. The molecule has 0 spiro atoms. The van der Waals surface area contributed by atoms with E-state index in [9.17, 15) is 4.79 Å². The van der Waals surface area contributed by atoms with Crippen molar-refractivity contribution in [3.8, 4) is 0 Å². The molecule has 0 saturated carbocycles. The van der Waals surface area contributed by atoms with E-state index in [2.05, 4.69) is 40.7 Å². The number of amides is 2. The van der Waals surface area contributed by atoms with Crippen molar-refractivity contribution >= 4 is 17.4 Å². The van der Waals surface area contributed by atoms with Crippen LogP contribution in [0.3, 0.4) is 0 Å². The summed E-state index contributed by atoms with van der Waals surface area (Å²) in [5.41, 5.74) is 4.91. The van der Waals surface area contributed by atoms with Crippen LogP contribution in [0.1, 0.15) is 24.5 Å². The van der Waals surface area contributed by atoms with Crippen LogP contribution >= 0.6 is 0 Å². The fourth-order valence-electron chi connectivity index (χ4n) is 3.23. The number of rotatable bonds is 5. The minimum Gasteiger partial charge on any atom is -0.372 e. The number of anilines is 2. The zero-order chi connectivity index (χ0) is 16.8. The lowest BCUT2D eigenvalue weighted by Gasteiger charge is -2.30. The lowest BCUT2D eigenvalue weighted by Crippen LogP contribution is -2.30. The highest BCUT2D eigenvalue weighted by molar-refractivity contribution is 5.89. The molecule has 0 aliphatic carbocycles. The van der Waals surface area contributed by atoms with Gasteiger partial charge in [-0.1, -0.05) is 30.3 Å². The normalized spacial score (nSPS) is 13.3. The summed E-state index contributed by atoms with van der Waals surface area (Å²) in [6.45, 7) is 5.06. The van der Waals surface area contributed by atoms with Crippen molar-refractivity contribution in [1.82, 2.24) is 5.32 Å². The fraction of sp³-hybridized carbons (Fsp3) is 0.350. The Morgan fingerprint density at radius 2 is 2.00 bits per heavy atom. The minimum absolute atomic E-state index is 0.156. The second-order valence-corrected chi connectivity index (χ2v) is 6.14. The number of hydrogen-bond donors (Lipinski definition) is 2. The van der Waals surface area contributed by atoms with Gasteiger partial charge in [-0.15, -0.1) is 0 Å². The van der Waals surface area contributed by atoms with Crippen molar-refractivity contribution in [2.45, 2.75) is 26.2 Å². The molecule has 2 N–H and O–H groups in total. The molecule has 24 heavy (non-hydrogen) atoms. The quantitative estimate of drug-likeness (QED) is 0.878. The first kappa shape index (κ1) is 16.4. The van der Waals surface area contributed by atoms with Gasteiger partial charge in [0.05, 0.1) is 0 Å². The van der Waals surface area contributed by atoms with Crippen molar-refractivity contribution in [2.24, 2.45) is 0 Å². The molecule has 0 unspecified atom stereocenters. The molecule has 0 fully saturated rings. The number of fused-ring (bicyclic) bond motifs is 1. The van der Waals surface area contributed by atoms with Crippen LogP contribution in [0.15, 0.2) is 48.5 Å². The van der Waals surface area contributed by atoms with Gasteiger partial charge in [0, 0.05) is 31.0 Å². The van der Waals surface area contributed by atoms with E-state index < -0.39 is 0 Å². The number of hydrogen-bond acceptors (Lipinski definition) is 2. The summed E-state index contributed by atoms with van der Waals surface area (Å²) in [5.74, 6) is 0. The Bertz CT molecular complexity index is 685. The van der Waals surface area contributed by atoms with E-state index in [0.717, 1.165) is 31.6 Å². The minimum atomic E-state index is -0.156. The van der Waals surface area contributed by atoms with Crippen LogP contribution in [-0.4, -0.2) is 25.7 Å². The summed E-state index contributed by atoms with van der Waals surface area (Å²) in [4.78, 5) is 14.3. The Kier molecular flexibility index (Phi) is 5.36. The summed E-state index contributed by atoms with van der Waals surface area (Å²) in [5, 5.41) is 5.75. The van der Waals surface area contributed by atoms with Gasteiger partial charge in [0.15, 0.2) is 0 Å². The molecule has 1 aliphatic rings. The molecule has 1 heterocycles. The summed E-state index contributed by atoms with van der Waals surface area (Å²) < 4.78 is 0. The lowest BCUT2D eigenvalue weighted by atomic mass is 9.98. The molecule has 4 heteroatoms. The molecule has 3 rings (SSSR count). The Balaban J connectivity index is 1.51. The van der Waals surface area contributed by atoms with E-state index in [-0.39, 0.29) is 6.03 Å². The monoisotopic (exact) mass is 323 g/mol. The van der Waals surface area contributed by atoms with Gasteiger partial charge in [-0.3, -0.25) is 0 Å². The highest BCUT2D eigenvalue weighted by Crippen LogP contribution is 2.27. The van der Waals surface area contributed by atoms with Gasteiger partial charge in [0.2, 0.25) is 0 Å². The molecule has 0 bridgehead atoms. The SMILES string of the molecule is CCN1CCCc2cc(CCNC(=O)Nc3ccccc3)ccc21. The van der Waals surface area contributed by atoms with Crippen molar-refractivity contribution in [3.63, 3.8) is 0 Å². The van der Waals surface area contributed by atoms with Crippen molar-refractivity contribution < 1.29 is 4.79 Å². The average molecular weight is 323 g/mol. The molecule has 0 radical (unpaired) electrons. The second-order valence-electron chi connectivity index (χ2n) is 6.14. The maximum atomic E-state index is 11.9. The van der Waals surface area contributed by atoms with Crippen LogP contribution in [-0.2, 0) is 12.8 Å². The number of carbonyl (C=O) groups excluding carboxylic acids is 1. The Morgan fingerprint density at radius 1 is 1.17 bits per heavy atom. The summed E-state index contributed by atoms with van der Waals surface area (Å²) in [6.07, 6.45) is 3.23. The third-order valence-corrected chi connectivity index (χ3v) is 4.47. The van der Waals surface area contributed by atoms with Crippen LogP contribution in [0.4, 0.5) is 16.2 Å². The Labute approximate surface area is 143 Å². The van der Waals surface area contributed by atoms with Crippen LogP contribution in [0, 0.1) is 0 Å². The molecular weight excluding hydrogens is 298 g/mol. The first-order valence-electron chi connectivity index (χ1n) is 8.73. The van der Waals surface area contributed by atoms with Gasteiger partial charge < -0.3 is 15.5 Å². The predicted molar refractivity (Wildman–Crippen MR) is 99.8 cm³/mol. The van der Waals surface area contributed by atoms with Crippen LogP contribution < -0.4 is 15.5 Å². The van der Waals surface area contributed by atoms with E-state index in [4.69, 9.17) is 0 Å². The fourth-order valence-corrected chi connectivity index (χ4v) is 3.23. The number of benzene rings is 2. The van der Waals surface area contributed by atoms with Crippen LogP contribution in [0.25, 0.3) is 0 Å². The Hall–Kier alpha value is -2.49. The number of para-hydroxylation sites is 1. The standard InChI is InChI=1S/C20H25N3O/c1-2-23-14-6-7-17-15-16(10-11-19(17)23)12-13-21-20(24)22-18-8-4-3-5-9-18/h3-5,8-11,15H,2,6-7,12-14H2,1H3,(H2,21,22,24). The van der Waals surface area contributed by atoms with Crippen LogP contribution in [0.5, 0.6) is 0 Å². The van der Waals surface area contributed by atoms with Gasteiger partial charge in [-0.25, -0.2) is 4.79 Å². The second kappa shape index (κ2) is 7.86. The Morgan fingerprint density at radius 3 is 2.79 bits per heavy atom. The molecule has 0 atom stereocenters. The zero-order valence-electron chi connectivity index (χ0n) is 14.2. The molecule has 126 valence electrons. The van der Waals surface area contributed by atoms with Gasteiger partial charge in [-0.2, -0.15) is 0 Å². The molecule has 0 saturated heterocycles. The predicted octanol–water partition coefficient (Wildman–Crippen LogP) is 3.82. The van der Waals surface area contributed by atoms with Crippen molar-refractivity contribution in [2.75, 3.05) is 29.9 Å². The summed E-state index contributed by atoms with van der Waals surface area (Å²) >= 11 is 0. The lowest BCUT2D eigenvalue weighted by molar-refractivity contribution is 0.252. The first-order chi connectivity index (χ1) is 11.8. The smallest absolute Gasteiger partial charge is 0.319 e. The van der Waals surface area contributed by atoms with E-state index in [1.54, 1.807) is 0 Å². The molecule has 2 amide bonds. The van der Waals surface area contributed by atoms with Gasteiger partial charge in [0.1, 0.15) is 0 Å². The molecule has 4 nitrogen and oxygen atoms in total. The van der Waals surface area contributed by atoms with E-state index in [0.29, 0.717) is 6.54 Å². The van der Waals surface area contributed by atoms with Crippen LogP contribution in [0.2, 0.25) is 0 Å². The zero-order valence-corrected chi connectivity index (χ0v) is 14.2. The number of aryl methyl sites for hydroxylation is 1. The maximum Gasteiger partial charge on any atom is 0.319 e. The van der Waals surface area contributed by atoms with E-state index in [1.165, 1.54) is 23.2 Å². The average Bonchev–Trinajstić information content (AvgIpc) is 2.62. The number of carbonyl (C=O) groups is 1. The molecule has 0 aromatic heterocycles. The molecular formula is C20H25N3O. The maximum absolute atomic E-state index is 11.9. The van der Waals surface area contributed by atoms with Crippen molar-refractivity contribution in [3.05, 3.63) is 59.7 Å². The largest absolute Gasteiger partial charge is 0.372 e. The third kappa shape index (κ3) is 4.07. The van der Waals surface area contributed by atoms with Gasteiger partial charge >= 0.3 is 6.03 Å². The summed E-state index contributed by atoms with van der Waals surface area (Å²) in [7, 11) is 0.